The summed E-state index contributed by atoms with van der Waals surface area (Å²) in [5, 5.41) is 11.3. The van der Waals surface area contributed by atoms with Crippen molar-refractivity contribution in [2.45, 2.75) is 5.92 Å². The molecule has 2 aromatic carbocycles. The fraction of sp³-hybridized carbons (Fsp3) is 0.111. The molecule has 1 aliphatic carbocycles. The zero-order valence-electron chi connectivity index (χ0n) is 13.4. The van der Waals surface area contributed by atoms with Crippen LogP contribution >= 0.6 is 11.5 Å². The van der Waals surface area contributed by atoms with E-state index >= 15 is 0 Å². The molecule has 0 bridgehead atoms. The molecule has 0 radical (unpaired) electrons. The molecule has 0 fully saturated rings. The van der Waals surface area contributed by atoms with Crippen molar-refractivity contribution in [2.75, 3.05) is 11.9 Å². The molecule has 0 saturated carbocycles. The first-order chi connectivity index (χ1) is 12.6. The zero-order valence-corrected chi connectivity index (χ0v) is 14.2. The summed E-state index contributed by atoms with van der Waals surface area (Å²) in [7, 11) is 0. The number of nitrogens with one attached hydrogen (secondary N) is 1. The lowest BCUT2D eigenvalue weighted by molar-refractivity contribution is 0.0685. The van der Waals surface area contributed by atoms with Gasteiger partial charge in [0.25, 0.3) is 5.82 Å². The van der Waals surface area contributed by atoms with Crippen LogP contribution < -0.4 is 5.32 Å². The minimum atomic E-state index is -1.25. The number of ether oxygens (including phenoxy) is 1. The van der Waals surface area contributed by atoms with Crippen LogP contribution in [0.25, 0.3) is 11.1 Å². The predicted molar refractivity (Wildman–Crippen MR) is 95.6 cm³/mol. The van der Waals surface area contributed by atoms with Crippen LogP contribution in [-0.2, 0) is 4.74 Å². The van der Waals surface area contributed by atoms with Gasteiger partial charge in [-0.25, -0.2) is 9.59 Å². The highest BCUT2D eigenvalue weighted by Crippen LogP contribution is 2.44. The third kappa shape index (κ3) is 2.91. The van der Waals surface area contributed by atoms with E-state index in [9.17, 15) is 9.59 Å². The minimum Gasteiger partial charge on any atom is -0.475 e. The molecule has 0 atom stereocenters. The van der Waals surface area contributed by atoms with Crippen LogP contribution in [0.3, 0.4) is 0 Å². The Bertz CT molecular complexity index is 956. The Kier molecular flexibility index (Phi) is 4.10. The van der Waals surface area contributed by atoms with Gasteiger partial charge >= 0.3 is 12.1 Å². The number of carboxylic acid groups (broad SMARTS) is 1. The quantitative estimate of drug-likeness (QED) is 0.731. The van der Waals surface area contributed by atoms with E-state index in [1.165, 1.54) is 0 Å². The summed E-state index contributed by atoms with van der Waals surface area (Å²) in [4.78, 5) is 26.5. The normalized spacial score (nSPS) is 12.3. The highest BCUT2D eigenvalue weighted by Gasteiger charge is 2.29. The van der Waals surface area contributed by atoms with Gasteiger partial charge in [0, 0.05) is 17.5 Å². The van der Waals surface area contributed by atoms with Crippen molar-refractivity contribution in [2.24, 2.45) is 0 Å². The second-order valence-corrected chi connectivity index (χ2v) is 6.43. The van der Waals surface area contributed by atoms with E-state index in [1.807, 2.05) is 36.4 Å². The van der Waals surface area contributed by atoms with Gasteiger partial charge in [0.1, 0.15) is 6.61 Å². The Balaban J connectivity index is 1.47. The lowest BCUT2D eigenvalue weighted by Gasteiger charge is -2.13. The summed E-state index contributed by atoms with van der Waals surface area (Å²) in [5.41, 5.74) is 4.52. The van der Waals surface area contributed by atoms with E-state index in [1.54, 1.807) is 0 Å². The second kappa shape index (κ2) is 6.57. The summed E-state index contributed by atoms with van der Waals surface area (Å²) in [5.74, 6) is -1.65. The van der Waals surface area contributed by atoms with Gasteiger partial charge < -0.3 is 9.84 Å². The number of rotatable bonds is 4. The Morgan fingerprint density at radius 1 is 1.08 bits per heavy atom. The zero-order chi connectivity index (χ0) is 18.1. The molecule has 0 unspecified atom stereocenters. The van der Waals surface area contributed by atoms with E-state index < -0.39 is 12.1 Å². The molecule has 0 spiro atoms. The average Bonchev–Trinajstić information content (AvgIpc) is 3.23. The van der Waals surface area contributed by atoms with Crippen molar-refractivity contribution in [1.29, 1.82) is 0 Å². The molecule has 1 amide bonds. The lowest BCUT2D eigenvalue weighted by Crippen LogP contribution is -2.18. The lowest BCUT2D eigenvalue weighted by atomic mass is 9.98. The maximum atomic E-state index is 12.0. The third-order valence-corrected chi connectivity index (χ3v) is 4.80. The molecule has 0 aliphatic heterocycles. The largest absolute Gasteiger partial charge is 0.475 e. The maximum absolute atomic E-state index is 12.0. The number of aromatic nitrogens is 2. The van der Waals surface area contributed by atoms with Gasteiger partial charge in [-0.3, -0.25) is 5.32 Å². The molecule has 7 nitrogen and oxygen atoms in total. The number of anilines is 1. The fourth-order valence-corrected chi connectivity index (χ4v) is 3.63. The first-order valence-corrected chi connectivity index (χ1v) is 8.60. The van der Waals surface area contributed by atoms with Gasteiger partial charge in [-0.2, -0.15) is 9.36 Å². The van der Waals surface area contributed by atoms with Crippen LogP contribution in [0.5, 0.6) is 0 Å². The van der Waals surface area contributed by atoms with Crippen LogP contribution in [0.1, 0.15) is 27.7 Å². The number of nitrogens with zero attached hydrogens (tertiary/aromatic N) is 2. The molecule has 3 aromatic rings. The predicted octanol–water partition coefficient (Wildman–Crippen LogP) is 3.60. The SMILES string of the molecule is O=C(Nc1nc(C(=O)O)ns1)OCC1c2ccccc2-c2ccccc21. The number of aromatic carboxylic acids is 1. The van der Waals surface area contributed by atoms with Gasteiger partial charge in [-0.15, -0.1) is 0 Å². The van der Waals surface area contributed by atoms with Gasteiger partial charge in [0.2, 0.25) is 5.13 Å². The Labute approximate surface area is 152 Å². The topological polar surface area (TPSA) is 101 Å². The summed E-state index contributed by atoms with van der Waals surface area (Å²) in [6.45, 7) is 0.171. The molecule has 1 aliphatic rings. The molecular formula is C18H13N3O4S. The first-order valence-electron chi connectivity index (χ1n) is 7.82. The Morgan fingerprint density at radius 3 is 2.27 bits per heavy atom. The molecule has 8 heteroatoms. The number of carboxylic acids is 1. The summed E-state index contributed by atoms with van der Waals surface area (Å²) >= 11 is 0.788. The fourth-order valence-electron chi connectivity index (χ4n) is 3.08. The third-order valence-electron chi connectivity index (χ3n) is 4.17. The number of hydrogen-bond acceptors (Lipinski definition) is 6. The van der Waals surface area contributed by atoms with Crippen molar-refractivity contribution in [1.82, 2.24) is 9.36 Å². The minimum absolute atomic E-state index is 0.0443. The molecular weight excluding hydrogens is 354 g/mol. The Morgan fingerprint density at radius 2 is 1.69 bits per heavy atom. The van der Waals surface area contributed by atoms with E-state index in [0.29, 0.717) is 0 Å². The van der Waals surface area contributed by atoms with Gasteiger partial charge in [-0.05, 0) is 22.3 Å². The highest BCUT2D eigenvalue weighted by atomic mass is 32.1. The monoisotopic (exact) mass is 367 g/mol. The molecule has 1 aromatic heterocycles. The average molecular weight is 367 g/mol. The van der Waals surface area contributed by atoms with Crippen molar-refractivity contribution in [3.63, 3.8) is 0 Å². The van der Waals surface area contributed by atoms with Crippen molar-refractivity contribution < 1.29 is 19.4 Å². The smallest absolute Gasteiger partial charge is 0.413 e. The van der Waals surface area contributed by atoms with Crippen molar-refractivity contribution >= 4 is 28.7 Å². The number of carbonyl (C=O) groups is 2. The maximum Gasteiger partial charge on any atom is 0.413 e. The Hall–Kier alpha value is -3.26. The number of benzene rings is 2. The molecule has 0 saturated heterocycles. The summed E-state index contributed by atoms with van der Waals surface area (Å²) in [6.07, 6.45) is -0.694. The van der Waals surface area contributed by atoms with Crippen molar-refractivity contribution in [3.05, 3.63) is 65.5 Å². The second-order valence-electron chi connectivity index (χ2n) is 5.68. The van der Waals surface area contributed by atoms with Crippen LogP contribution in [0.15, 0.2) is 48.5 Å². The number of amides is 1. The first kappa shape index (κ1) is 16.2. The summed E-state index contributed by atoms with van der Waals surface area (Å²) < 4.78 is 8.98. The molecule has 130 valence electrons. The van der Waals surface area contributed by atoms with Crippen molar-refractivity contribution in [3.8, 4) is 11.1 Å². The number of hydrogen-bond donors (Lipinski definition) is 2. The van der Waals surface area contributed by atoms with Gasteiger partial charge in [-0.1, -0.05) is 48.5 Å². The van der Waals surface area contributed by atoms with E-state index in [4.69, 9.17) is 9.84 Å². The van der Waals surface area contributed by atoms with E-state index in [-0.39, 0.29) is 23.5 Å². The van der Waals surface area contributed by atoms with Crippen LogP contribution in [0, 0.1) is 0 Å². The molecule has 1 heterocycles. The number of carbonyl (C=O) groups excluding carboxylic acids is 1. The molecule has 2 N–H and O–H groups in total. The highest BCUT2D eigenvalue weighted by molar-refractivity contribution is 7.10. The standard InChI is InChI=1S/C18H13N3O4S/c22-16(23)15-19-17(26-21-15)20-18(24)25-9-14-12-7-3-1-5-10(12)11-6-2-4-8-13(11)14/h1-8,14H,9H2,(H,22,23)(H,19,20,21,24). The number of fused-ring (bicyclic) bond motifs is 3. The van der Waals surface area contributed by atoms with Crippen LogP contribution in [0.2, 0.25) is 0 Å². The van der Waals surface area contributed by atoms with Gasteiger partial charge in [0.05, 0.1) is 0 Å². The van der Waals surface area contributed by atoms with Gasteiger partial charge in [0.15, 0.2) is 0 Å². The van der Waals surface area contributed by atoms with E-state index in [2.05, 4.69) is 26.8 Å². The van der Waals surface area contributed by atoms with Crippen LogP contribution in [-0.4, -0.2) is 33.1 Å². The van der Waals surface area contributed by atoms with Crippen LogP contribution in [0.4, 0.5) is 9.93 Å². The summed E-state index contributed by atoms with van der Waals surface area (Å²) in [6, 6.07) is 16.1. The van der Waals surface area contributed by atoms with E-state index in [0.717, 1.165) is 33.8 Å². The molecule has 4 rings (SSSR count). The molecule has 26 heavy (non-hydrogen) atoms.